The van der Waals surface area contributed by atoms with E-state index in [9.17, 15) is 18.5 Å². The first-order valence-electron chi connectivity index (χ1n) is 7.48. The van der Waals surface area contributed by atoms with Crippen LogP contribution in [0.2, 0.25) is 0 Å². The third kappa shape index (κ3) is 3.42. The SMILES string of the molecule is CS(=O)(=O)c1cc2c(cc1C#N)CC(Nc1cccc(C(=O)NO)c1)=N2. The molecule has 0 radical (unpaired) electrons. The van der Waals surface area contributed by atoms with Crippen LogP contribution < -0.4 is 10.8 Å². The van der Waals surface area contributed by atoms with E-state index in [0.717, 1.165) is 11.8 Å². The largest absolute Gasteiger partial charge is 0.343 e. The number of carbonyl (C=O) groups excluding carboxylic acids is 1. The van der Waals surface area contributed by atoms with E-state index in [0.29, 0.717) is 23.6 Å². The van der Waals surface area contributed by atoms with Gasteiger partial charge in [-0.05, 0) is 35.9 Å². The number of nitrogens with one attached hydrogen (secondary N) is 2. The second-order valence-electron chi connectivity index (χ2n) is 5.74. The summed E-state index contributed by atoms with van der Waals surface area (Å²) in [4.78, 5) is 15.8. The molecule has 0 spiro atoms. The van der Waals surface area contributed by atoms with Crippen LogP contribution in [0.1, 0.15) is 21.5 Å². The molecule has 0 aromatic heterocycles. The van der Waals surface area contributed by atoms with Crippen LogP contribution >= 0.6 is 0 Å². The fraction of sp³-hybridized carbons (Fsp3) is 0.118. The zero-order valence-electron chi connectivity index (χ0n) is 13.6. The standard InChI is InChI=1S/C17H14N4O4S/c1-26(24,25)15-8-14-11(5-12(15)9-18)7-16(20-14)19-13-4-2-3-10(6-13)17(22)21-23/h2-6,8,23H,7H2,1H3,(H,19,20)(H,21,22). The molecule has 132 valence electrons. The Labute approximate surface area is 149 Å². The van der Waals surface area contributed by atoms with Crippen molar-refractivity contribution in [3.05, 3.63) is 53.1 Å². The van der Waals surface area contributed by atoms with Gasteiger partial charge in [0.2, 0.25) is 0 Å². The minimum atomic E-state index is -3.54. The third-order valence-electron chi connectivity index (χ3n) is 3.83. The zero-order chi connectivity index (χ0) is 18.9. The van der Waals surface area contributed by atoms with Gasteiger partial charge in [0, 0.05) is 23.9 Å². The highest BCUT2D eigenvalue weighted by Crippen LogP contribution is 2.32. The van der Waals surface area contributed by atoms with E-state index in [4.69, 9.17) is 5.21 Å². The molecule has 1 aliphatic heterocycles. The van der Waals surface area contributed by atoms with Crippen molar-refractivity contribution in [2.24, 2.45) is 4.99 Å². The van der Waals surface area contributed by atoms with Crippen LogP contribution in [-0.2, 0) is 16.3 Å². The van der Waals surface area contributed by atoms with Gasteiger partial charge < -0.3 is 5.32 Å². The second kappa shape index (κ2) is 6.59. The van der Waals surface area contributed by atoms with Crippen molar-refractivity contribution < 1.29 is 18.4 Å². The van der Waals surface area contributed by atoms with Crippen LogP contribution in [-0.4, -0.2) is 31.6 Å². The van der Waals surface area contributed by atoms with Gasteiger partial charge in [0.05, 0.1) is 16.1 Å². The summed E-state index contributed by atoms with van der Waals surface area (Å²) >= 11 is 0. The monoisotopic (exact) mass is 370 g/mol. The zero-order valence-corrected chi connectivity index (χ0v) is 14.5. The molecule has 3 N–H and O–H groups in total. The molecular formula is C17H14N4O4S. The van der Waals surface area contributed by atoms with Crippen LogP contribution in [0.15, 0.2) is 46.3 Å². The number of fused-ring (bicyclic) bond motifs is 1. The molecule has 0 aliphatic carbocycles. The molecule has 0 unspecified atom stereocenters. The Balaban J connectivity index is 1.90. The number of benzene rings is 2. The maximum Gasteiger partial charge on any atom is 0.274 e. The Kier molecular flexibility index (Phi) is 4.46. The Bertz CT molecular complexity index is 1080. The van der Waals surface area contributed by atoms with Gasteiger partial charge in [-0.3, -0.25) is 10.0 Å². The molecule has 1 aliphatic rings. The highest BCUT2D eigenvalue weighted by molar-refractivity contribution is 7.90. The van der Waals surface area contributed by atoms with Crippen molar-refractivity contribution in [2.75, 3.05) is 11.6 Å². The molecule has 2 aromatic rings. The average molecular weight is 370 g/mol. The van der Waals surface area contributed by atoms with Gasteiger partial charge >= 0.3 is 0 Å². The third-order valence-corrected chi connectivity index (χ3v) is 4.97. The lowest BCUT2D eigenvalue weighted by Gasteiger charge is -2.07. The molecule has 0 saturated carbocycles. The summed E-state index contributed by atoms with van der Waals surface area (Å²) in [7, 11) is -3.54. The van der Waals surface area contributed by atoms with E-state index in [-0.39, 0.29) is 16.0 Å². The predicted molar refractivity (Wildman–Crippen MR) is 94.4 cm³/mol. The van der Waals surface area contributed by atoms with E-state index >= 15 is 0 Å². The van der Waals surface area contributed by atoms with Crippen molar-refractivity contribution in [1.82, 2.24) is 5.48 Å². The van der Waals surface area contributed by atoms with Crippen LogP contribution in [0.5, 0.6) is 0 Å². The fourth-order valence-electron chi connectivity index (χ4n) is 2.66. The Morgan fingerprint density at radius 1 is 1.31 bits per heavy atom. The van der Waals surface area contributed by atoms with Crippen LogP contribution in [0.4, 0.5) is 11.4 Å². The molecular weight excluding hydrogens is 356 g/mol. The highest BCUT2D eigenvalue weighted by atomic mass is 32.2. The lowest BCUT2D eigenvalue weighted by Crippen LogP contribution is -2.19. The number of hydroxylamine groups is 1. The van der Waals surface area contributed by atoms with Gasteiger partial charge in [0.25, 0.3) is 5.91 Å². The molecule has 0 bridgehead atoms. The number of hydrogen-bond donors (Lipinski definition) is 3. The van der Waals surface area contributed by atoms with E-state index < -0.39 is 15.7 Å². The second-order valence-corrected chi connectivity index (χ2v) is 7.73. The predicted octanol–water partition coefficient (Wildman–Crippen LogP) is 1.78. The Morgan fingerprint density at radius 2 is 2.08 bits per heavy atom. The van der Waals surface area contributed by atoms with Crippen molar-refractivity contribution in [2.45, 2.75) is 11.3 Å². The molecule has 1 heterocycles. The minimum Gasteiger partial charge on any atom is -0.343 e. The van der Waals surface area contributed by atoms with Gasteiger partial charge in [0.1, 0.15) is 11.9 Å². The first kappa shape index (κ1) is 17.6. The topological polar surface area (TPSA) is 132 Å². The van der Waals surface area contributed by atoms with Crippen molar-refractivity contribution in [3.63, 3.8) is 0 Å². The van der Waals surface area contributed by atoms with E-state index in [1.807, 2.05) is 6.07 Å². The number of sulfone groups is 1. The average Bonchev–Trinajstić information content (AvgIpc) is 3.00. The number of nitriles is 1. The number of nitrogens with zero attached hydrogens (tertiary/aromatic N) is 2. The van der Waals surface area contributed by atoms with Crippen LogP contribution in [0.3, 0.4) is 0 Å². The number of hydrogen-bond acceptors (Lipinski definition) is 7. The normalized spacial score (nSPS) is 12.7. The molecule has 3 rings (SSSR count). The number of rotatable bonds is 3. The minimum absolute atomic E-state index is 0.0506. The summed E-state index contributed by atoms with van der Waals surface area (Å²) in [6.07, 6.45) is 1.44. The first-order valence-corrected chi connectivity index (χ1v) is 9.37. The molecule has 2 aromatic carbocycles. The van der Waals surface area contributed by atoms with Crippen molar-refractivity contribution in [3.8, 4) is 6.07 Å². The summed E-state index contributed by atoms with van der Waals surface area (Å²) in [5, 5.41) is 21.0. The molecule has 0 atom stereocenters. The van der Waals surface area contributed by atoms with Gasteiger partial charge in [-0.15, -0.1) is 0 Å². The van der Waals surface area contributed by atoms with Gasteiger partial charge in [-0.25, -0.2) is 18.9 Å². The summed E-state index contributed by atoms with van der Waals surface area (Å²) < 4.78 is 23.7. The Morgan fingerprint density at radius 3 is 2.73 bits per heavy atom. The van der Waals surface area contributed by atoms with E-state index in [2.05, 4.69) is 10.3 Å². The first-order chi connectivity index (χ1) is 12.3. The summed E-state index contributed by atoms with van der Waals surface area (Å²) in [5.41, 5.74) is 3.72. The Hall–Kier alpha value is -3.22. The van der Waals surface area contributed by atoms with Gasteiger partial charge in [0.15, 0.2) is 9.84 Å². The van der Waals surface area contributed by atoms with Crippen LogP contribution in [0.25, 0.3) is 0 Å². The maximum atomic E-state index is 11.8. The highest BCUT2D eigenvalue weighted by Gasteiger charge is 2.22. The fourth-order valence-corrected chi connectivity index (χ4v) is 3.49. The molecule has 0 fully saturated rings. The number of amidine groups is 1. The molecule has 0 saturated heterocycles. The summed E-state index contributed by atoms with van der Waals surface area (Å²) in [6, 6.07) is 11.3. The molecule has 1 amide bonds. The maximum absolute atomic E-state index is 11.8. The lowest BCUT2D eigenvalue weighted by atomic mass is 10.1. The number of amides is 1. The van der Waals surface area contributed by atoms with E-state index in [1.54, 1.807) is 29.7 Å². The van der Waals surface area contributed by atoms with E-state index in [1.165, 1.54) is 12.1 Å². The van der Waals surface area contributed by atoms with Crippen molar-refractivity contribution >= 4 is 33.0 Å². The molecule has 26 heavy (non-hydrogen) atoms. The number of aliphatic imine (C=N–C) groups is 1. The quantitative estimate of drug-likeness (QED) is 0.557. The molecule has 9 heteroatoms. The van der Waals surface area contributed by atoms with Gasteiger partial charge in [-0.2, -0.15) is 5.26 Å². The number of anilines is 1. The van der Waals surface area contributed by atoms with Gasteiger partial charge in [-0.1, -0.05) is 6.07 Å². The summed E-state index contributed by atoms with van der Waals surface area (Å²) in [5.74, 6) is -0.0853. The lowest BCUT2D eigenvalue weighted by molar-refractivity contribution is 0.0706. The van der Waals surface area contributed by atoms with Crippen LogP contribution in [0, 0.1) is 11.3 Å². The molecule has 8 nitrogen and oxygen atoms in total. The number of carbonyl (C=O) groups is 1. The smallest absolute Gasteiger partial charge is 0.274 e. The van der Waals surface area contributed by atoms with Crippen molar-refractivity contribution in [1.29, 1.82) is 5.26 Å². The summed E-state index contributed by atoms with van der Waals surface area (Å²) in [6.45, 7) is 0.